The molecule has 1 amide bonds. The molecule has 98 valence electrons. The van der Waals surface area contributed by atoms with Crippen LogP contribution in [0.4, 0.5) is 0 Å². The third-order valence-corrected chi connectivity index (χ3v) is 2.81. The van der Waals surface area contributed by atoms with Gasteiger partial charge in [0.1, 0.15) is 0 Å². The Morgan fingerprint density at radius 2 is 1.79 bits per heavy atom. The van der Waals surface area contributed by atoms with Crippen molar-refractivity contribution < 1.29 is 4.79 Å². The lowest BCUT2D eigenvalue weighted by molar-refractivity contribution is -0.121. The van der Waals surface area contributed by atoms with Gasteiger partial charge in [0.05, 0.1) is 0 Å². The SMILES string of the molecule is O=C(CCn1ccccc1=O)NCc1ccccc1. The Labute approximate surface area is 111 Å². The number of hydrogen-bond donors (Lipinski definition) is 1. The second-order valence-electron chi connectivity index (χ2n) is 4.24. The minimum absolute atomic E-state index is 0.0559. The molecule has 0 aliphatic rings. The average Bonchev–Trinajstić information content (AvgIpc) is 2.45. The second-order valence-corrected chi connectivity index (χ2v) is 4.24. The van der Waals surface area contributed by atoms with Crippen LogP contribution in [0.3, 0.4) is 0 Å². The summed E-state index contributed by atoms with van der Waals surface area (Å²) in [6, 6.07) is 14.7. The van der Waals surface area contributed by atoms with E-state index >= 15 is 0 Å². The van der Waals surface area contributed by atoms with Crippen LogP contribution in [-0.2, 0) is 17.9 Å². The summed E-state index contributed by atoms with van der Waals surface area (Å²) in [5, 5.41) is 2.83. The number of aryl methyl sites for hydroxylation is 1. The zero-order valence-corrected chi connectivity index (χ0v) is 10.6. The highest BCUT2D eigenvalue weighted by Gasteiger charge is 2.02. The molecule has 2 rings (SSSR count). The summed E-state index contributed by atoms with van der Waals surface area (Å²) in [7, 11) is 0. The fraction of sp³-hybridized carbons (Fsp3) is 0.200. The number of hydrogen-bond acceptors (Lipinski definition) is 2. The Morgan fingerprint density at radius 3 is 2.53 bits per heavy atom. The number of nitrogens with zero attached hydrogens (tertiary/aromatic N) is 1. The van der Waals surface area contributed by atoms with Gasteiger partial charge >= 0.3 is 0 Å². The molecular weight excluding hydrogens is 240 g/mol. The molecule has 4 heteroatoms. The number of pyridine rings is 1. The predicted molar refractivity (Wildman–Crippen MR) is 73.6 cm³/mol. The normalized spacial score (nSPS) is 10.1. The van der Waals surface area contributed by atoms with Crippen molar-refractivity contribution in [1.82, 2.24) is 9.88 Å². The maximum absolute atomic E-state index is 11.7. The van der Waals surface area contributed by atoms with Crippen LogP contribution in [0, 0.1) is 0 Å². The average molecular weight is 256 g/mol. The summed E-state index contributed by atoms with van der Waals surface area (Å²) in [5.41, 5.74) is 0.978. The Kier molecular flexibility index (Phi) is 4.50. The molecule has 0 saturated carbocycles. The molecule has 0 saturated heterocycles. The van der Waals surface area contributed by atoms with Gasteiger partial charge < -0.3 is 9.88 Å². The van der Waals surface area contributed by atoms with Gasteiger partial charge in [-0.2, -0.15) is 0 Å². The first-order valence-electron chi connectivity index (χ1n) is 6.22. The van der Waals surface area contributed by atoms with E-state index in [2.05, 4.69) is 5.32 Å². The molecule has 0 aliphatic heterocycles. The molecule has 0 aliphatic carbocycles. The summed E-state index contributed by atoms with van der Waals surface area (Å²) in [5.74, 6) is -0.0559. The fourth-order valence-corrected chi connectivity index (χ4v) is 1.75. The van der Waals surface area contributed by atoms with E-state index in [0.29, 0.717) is 19.5 Å². The third-order valence-electron chi connectivity index (χ3n) is 2.81. The van der Waals surface area contributed by atoms with E-state index in [1.807, 2.05) is 30.3 Å². The smallest absolute Gasteiger partial charge is 0.250 e. The summed E-state index contributed by atoms with van der Waals surface area (Å²) in [6.45, 7) is 0.920. The molecule has 4 nitrogen and oxygen atoms in total. The zero-order valence-electron chi connectivity index (χ0n) is 10.6. The van der Waals surface area contributed by atoms with Gasteiger partial charge in [-0.25, -0.2) is 0 Å². The molecule has 1 aromatic heterocycles. The minimum Gasteiger partial charge on any atom is -0.352 e. The molecule has 0 radical (unpaired) electrons. The van der Waals surface area contributed by atoms with Crippen LogP contribution in [0.1, 0.15) is 12.0 Å². The molecular formula is C15H16N2O2. The molecule has 0 bridgehead atoms. The van der Waals surface area contributed by atoms with E-state index in [9.17, 15) is 9.59 Å². The first kappa shape index (κ1) is 13.1. The van der Waals surface area contributed by atoms with Crippen molar-refractivity contribution in [2.45, 2.75) is 19.5 Å². The Bertz CT molecular complexity index is 590. The number of amides is 1. The van der Waals surface area contributed by atoms with Crippen molar-refractivity contribution >= 4 is 5.91 Å². The molecule has 2 aromatic rings. The highest BCUT2D eigenvalue weighted by Crippen LogP contribution is 1.97. The van der Waals surface area contributed by atoms with Crippen molar-refractivity contribution in [1.29, 1.82) is 0 Å². The van der Waals surface area contributed by atoms with Crippen LogP contribution in [0.5, 0.6) is 0 Å². The van der Waals surface area contributed by atoms with E-state index in [-0.39, 0.29) is 11.5 Å². The van der Waals surface area contributed by atoms with Crippen molar-refractivity contribution in [3.8, 4) is 0 Å². The van der Waals surface area contributed by atoms with E-state index in [1.165, 1.54) is 10.6 Å². The molecule has 0 atom stereocenters. The zero-order chi connectivity index (χ0) is 13.5. The maximum Gasteiger partial charge on any atom is 0.250 e. The summed E-state index contributed by atoms with van der Waals surface area (Å²) in [6.07, 6.45) is 1.99. The number of rotatable bonds is 5. The Hall–Kier alpha value is -2.36. The van der Waals surface area contributed by atoms with Crippen LogP contribution >= 0.6 is 0 Å². The lowest BCUT2D eigenvalue weighted by Gasteiger charge is -2.06. The van der Waals surface area contributed by atoms with Crippen molar-refractivity contribution in [2.75, 3.05) is 0 Å². The van der Waals surface area contributed by atoms with Gasteiger partial charge in [-0.05, 0) is 11.6 Å². The lowest BCUT2D eigenvalue weighted by Crippen LogP contribution is -2.26. The van der Waals surface area contributed by atoms with Gasteiger partial charge in [0, 0.05) is 31.8 Å². The van der Waals surface area contributed by atoms with Crippen molar-refractivity contribution in [3.63, 3.8) is 0 Å². The molecule has 0 fully saturated rings. The monoisotopic (exact) mass is 256 g/mol. The van der Waals surface area contributed by atoms with E-state index in [1.54, 1.807) is 18.3 Å². The molecule has 0 unspecified atom stereocenters. The van der Waals surface area contributed by atoms with Crippen LogP contribution in [0.25, 0.3) is 0 Å². The molecule has 1 N–H and O–H groups in total. The quantitative estimate of drug-likeness (QED) is 0.882. The highest BCUT2D eigenvalue weighted by atomic mass is 16.1. The first-order valence-corrected chi connectivity index (χ1v) is 6.22. The Balaban J connectivity index is 1.79. The summed E-state index contributed by atoms with van der Waals surface area (Å²) < 4.78 is 1.53. The Morgan fingerprint density at radius 1 is 1.05 bits per heavy atom. The standard InChI is InChI=1S/C15H16N2O2/c18-14(16-12-13-6-2-1-3-7-13)9-11-17-10-5-4-8-15(17)19/h1-8,10H,9,11-12H2,(H,16,18). The van der Waals surface area contributed by atoms with Gasteiger partial charge in [0.2, 0.25) is 5.91 Å². The van der Waals surface area contributed by atoms with E-state index in [4.69, 9.17) is 0 Å². The van der Waals surface area contributed by atoms with Crippen LogP contribution < -0.4 is 10.9 Å². The second kappa shape index (κ2) is 6.54. The number of aromatic nitrogens is 1. The fourth-order valence-electron chi connectivity index (χ4n) is 1.75. The van der Waals surface area contributed by atoms with Gasteiger partial charge in [-0.15, -0.1) is 0 Å². The number of nitrogens with one attached hydrogen (secondary N) is 1. The summed E-state index contributed by atoms with van der Waals surface area (Å²) >= 11 is 0. The topological polar surface area (TPSA) is 51.1 Å². The number of benzene rings is 1. The number of carbonyl (C=O) groups excluding carboxylic acids is 1. The predicted octanol–water partition coefficient (Wildman–Crippen LogP) is 1.55. The molecule has 0 spiro atoms. The summed E-state index contributed by atoms with van der Waals surface area (Å²) in [4.78, 5) is 23.1. The molecule has 19 heavy (non-hydrogen) atoms. The van der Waals surface area contributed by atoms with Gasteiger partial charge in [-0.3, -0.25) is 9.59 Å². The van der Waals surface area contributed by atoms with Gasteiger partial charge in [0.15, 0.2) is 0 Å². The molecule has 1 heterocycles. The van der Waals surface area contributed by atoms with E-state index < -0.39 is 0 Å². The van der Waals surface area contributed by atoms with Gasteiger partial charge in [-0.1, -0.05) is 36.4 Å². The lowest BCUT2D eigenvalue weighted by atomic mass is 10.2. The maximum atomic E-state index is 11.7. The van der Waals surface area contributed by atoms with Crippen LogP contribution in [-0.4, -0.2) is 10.5 Å². The largest absolute Gasteiger partial charge is 0.352 e. The van der Waals surface area contributed by atoms with Gasteiger partial charge in [0.25, 0.3) is 5.56 Å². The number of carbonyl (C=O) groups is 1. The highest BCUT2D eigenvalue weighted by molar-refractivity contribution is 5.75. The van der Waals surface area contributed by atoms with Crippen LogP contribution in [0.15, 0.2) is 59.5 Å². The first-order chi connectivity index (χ1) is 9.25. The third kappa shape index (κ3) is 4.10. The minimum atomic E-state index is -0.0849. The van der Waals surface area contributed by atoms with E-state index in [0.717, 1.165) is 5.56 Å². The molecule has 1 aromatic carbocycles. The van der Waals surface area contributed by atoms with Crippen molar-refractivity contribution in [2.24, 2.45) is 0 Å². The van der Waals surface area contributed by atoms with Crippen LogP contribution in [0.2, 0.25) is 0 Å². The van der Waals surface area contributed by atoms with Crippen molar-refractivity contribution in [3.05, 3.63) is 70.6 Å².